The number of thiazole rings is 1. The Hall–Kier alpha value is -3.27. The summed E-state index contributed by atoms with van der Waals surface area (Å²) in [6.07, 6.45) is 1.82. The van der Waals surface area contributed by atoms with Crippen LogP contribution in [0.25, 0.3) is 6.08 Å². The van der Waals surface area contributed by atoms with Crippen LogP contribution in [0.4, 0.5) is 5.69 Å². The molecule has 0 spiro atoms. The summed E-state index contributed by atoms with van der Waals surface area (Å²) < 4.78 is 9.01. The monoisotopic (exact) mass is 593 g/mol. The Labute approximate surface area is 230 Å². The molecule has 1 N–H and O–H groups in total. The number of allylic oxidation sites excluding steroid dienone is 1. The number of ether oxygens (including phenoxy) is 1. The average molecular weight is 595 g/mol. The Morgan fingerprint density at radius 1 is 1.16 bits per heavy atom. The summed E-state index contributed by atoms with van der Waals surface area (Å²) in [5.74, 6) is 0.415. The number of benzene rings is 2. The number of nitrogens with one attached hydrogen (secondary N) is 1. The van der Waals surface area contributed by atoms with Gasteiger partial charge in [-0.1, -0.05) is 51.5 Å². The SMILES string of the molecule is CC1=C(C(=O)Nc2ccccc2)[C@@H](c2cccs2)n2c(s/c(=C/c3cc(Br)ccc3OC(C)C)c2=O)=N1. The Balaban J connectivity index is 1.65. The molecule has 0 unspecified atom stereocenters. The van der Waals surface area contributed by atoms with Crippen LogP contribution in [0, 0.1) is 0 Å². The Morgan fingerprint density at radius 2 is 1.95 bits per heavy atom. The first kappa shape index (κ1) is 25.4. The second kappa shape index (κ2) is 10.6. The smallest absolute Gasteiger partial charge is 0.271 e. The number of carbonyl (C=O) groups excluding carboxylic acids is 1. The van der Waals surface area contributed by atoms with Gasteiger partial charge in [-0.25, -0.2) is 4.99 Å². The molecule has 0 fully saturated rings. The summed E-state index contributed by atoms with van der Waals surface area (Å²) >= 11 is 6.34. The minimum Gasteiger partial charge on any atom is -0.490 e. The van der Waals surface area contributed by atoms with Crippen molar-refractivity contribution in [3.8, 4) is 5.75 Å². The molecule has 9 heteroatoms. The fourth-order valence-electron chi connectivity index (χ4n) is 4.18. The van der Waals surface area contributed by atoms with Gasteiger partial charge in [0.1, 0.15) is 11.8 Å². The lowest BCUT2D eigenvalue weighted by molar-refractivity contribution is -0.113. The molecule has 6 nitrogen and oxygen atoms in total. The largest absolute Gasteiger partial charge is 0.490 e. The van der Waals surface area contributed by atoms with Gasteiger partial charge in [0.25, 0.3) is 11.5 Å². The topological polar surface area (TPSA) is 72.7 Å². The van der Waals surface area contributed by atoms with Crippen molar-refractivity contribution < 1.29 is 9.53 Å². The maximum Gasteiger partial charge on any atom is 0.271 e. The maximum atomic E-state index is 13.9. The van der Waals surface area contributed by atoms with Gasteiger partial charge in [0, 0.05) is 20.6 Å². The molecule has 4 aromatic rings. The number of fused-ring (bicyclic) bond motifs is 1. The molecule has 1 aliphatic rings. The molecule has 5 rings (SSSR count). The van der Waals surface area contributed by atoms with E-state index in [9.17, 15) is 9.59 Å². The molecule has 0 aliphatic carbocycles. The first-order valence-corrected chi connectivity index (χ1v) is 14.2. The van der Waals surface area contributed by atoms with E-state index in [1.165, 1.54) is 22.7 Å². The summed E-state index contributed by atoms with van der Waals surface area (Å²) in [5, 5.41) is 4.92. The lowest BCUT2D eigenvalue weighted by Crippen LogP contribution is -2.40. The van der Waals surface area contributed by atoms with Crippen molar-refractivity contribution in [2.24, 2.45) is 4.99 Å². The van der Waals surface area contributed by atoms with Crippen LogP contribution in [0.5, 0.6) is 5.75 Å². The number of aromatic nitrogens is 1. The van der Waals surface area contributed by atoms with Crippen LogP contribution in [0.3, 0.4) is 0 Å². The third-order valence-electron chi connectivity index (χ3n) is 5.73. The lowest BCUT2D eigenvalue weighted by atomic mass is 10.0. The summed E-state index contributed by atoms with van der Waals surface area (Å²) in [5.41, 5.74) is 2.32. The molecule has 0 saturated heterocycles. The second-order valence-electron chi connectivity index (χ2n) is 8.77. The molecular weight excluding hydrogens is 570 g/mol. The minimum absolute atomic E-state index is 0.0123. The molecule has 1 atom stereocenters. The fourth-order valence-corrected chi connectivity index (χ4v) is 6.42. The summed E-state index contributed by atoms with van der Waals surface area (Å²) in [6.45, 7) is 5.75. The Kier molecular flexibility index (Phi) is 7.28. The third kappa shape index (κ3) is 5.25. The number of hydrogen-bond acceptors (Lipinski definition) is 6. The zero-order valence-corrected chi connectivity index (χ0v) is 23.6. The highest BCUT2D eigenvalue weighted by Gasteiger charge is 2.33. The number of para-hydroxylation sites is 1. The number of thiophene rings is 1. The van der Waals surface area contributed by atoms with Gasteiger partial charge >= 0.3 is 0 Å². The van der Waals surface area contributed by atoms with Gasteiger partial charge in [0.2, 0.25) is 0 Å². The number of amides is 1. The minimum atomic E-state index is -0.573. The number of nitrogens with zero attached hydrogens (tertiary/aromatic N) is 2. The molecule has 1 amide bonds. The van der Waals surface area contributed by atoms with Crippen molar-refractivity contribution in [1.29, 1.82) is 0 Å². The molecule has 0 radical (unpaired) electrons. The van der Waals surface area contributed by atoms with Crippen LogP contribution >= 0.6 is 38.6 Å². The van der Waals surface area contributed by atoms with Crippen molar-refractivity contribution in [2.75, 3.05) is 5.32 Å². The standard InChI is InChI=1S/C28H24BrN3O3S2/c1-16(2)35-21-12-11-19(29)14-18(21)15-23-27(34)32-25(22-10-7-13-36-22)24(17(3)30-28(32)37-23)26(33)31-20-8-5-4-6-9-20/h4-16,25H,1-3H3,(H,31,33)/b23-15+/t25-/m1/s1. The van der Waals surface area contributed by atoms with Crippen molar-refractivity contribution in [1.82, 2.24) is 4.57 Å². The maximum absolute atomic E-state index is 13.9. The molecule has 2 aromatic carbocycles. The molecule has 0 bridgehead atoms. The molecule has 0 saturated carbocycles. The first-order chi connectivity index (χ1) is 17.8. The van der Waals surface area contributed by atoms with Crippen molar-refractivity contribution in [2.45, 2.75) is 32.9 Å². The highest BCUT2D eigenvalue weighted by atomic mass is 79.9. The Bertz CT molecular complexity index is 1670. The number of hydrogen-bond donors (Lipinski definition) is 1. The predicted octanol–water partition coefficient (Wildman–Crippen LogP) is 5.49. The second-order valence-corrected chi connectivity index (χ2v) is 11.7. The molecule has 37 heavy (non-hydrogen) atoms. The van der Waals surface area contributed by atoms with Crippen molar-refractivity contribution >= 4 is 56.3 Å². The predicted molar refractivity (Wildman–Crippen MR) is 153 cm³/mol. The van der Waals surface area contributed by atoms with Gasteiger partial charge < -0.3 is 10.1 Å². The van der Waals surface area contributed by atoms with Crippen LogP contribution in [-0.2, 0) is 4.79 Å². The molecule has 1 aliphatic heterocycles. The Morgan fingerprint density at radius 3 is 2.65 bits per heavy atom. The zero-order chi connectivity index (χ0) is 26.1. The van der Waals surface area contributed by atoms with E-state index in [0.717, 1.165) is 14.9 Å². The van der Waals surface area contributed by atoms with Gasteiger partial charge in [-0.2, -0.15) is 0 Å². The fraction of sp³-hybridized carbons (Fsp3) is 0.179. The van der Waals surface area contributed by atoms with Gasteiger partial charge in [0.15, 0.2) is 4.80 Å². The highest BCUT2D eigenvalue weighted by Crippen LogP contribution is 2.33. The van der Waals surface area contributed by atoms with E-state index in [-0.39, 0.29) is 17.6 Å². The van der Waals surface area contributed by atoms with Crippen LogP contribution < -0.4 is 24.9 Å². The van der Waals surface area contributed by atoms with Gasteiger partial charge in [-0.3, -0.25) is 14.2 Å². The summed E-state index contributed by atoms with van der Waals surface area (Å²) in [7, 11) is 0. The van der Waals surface area contributed by atoms with E-state index in [1.807, 2.05) is 92.9 Å². The van der Waals surface area contributed by atoms with Crippen molar-refractivity contribution in [3.05, 3.63) is 112 Å². The number of carbonyl (C=O) groups is 1. The molecule has 2 aromatic heterocycles. The van der Waals surface area contributed by atoms with Crippen LogP contribution in [0.1, 0.15) is 37.3 Å². The van der Waals surface area contributed by atoms with Gasteiger partial charge in [-0.15, -0.1) is 11.3 Å². The van der Waals surface area contributed by atoms with Crippen LogP contribution in [-0.4, -0.2) is 16.6 Å². The van der Waals surface area contributed by atoms with E-state index >= 15 is 0 Å². The molecular formula is C28H24BrN3O3S2. The quantitative estimate of drug-likeness (QED) is 0.321. The van der Waals surface area contributed by atoms with Gasteiger partial charge in [-0.05, 0) is 68.6 Å². The van der Waals surface area contributed by atoms with E-state index in [0.29, 0.717) is 32.0 Å². The molecule has 188 valence electrons. The van der Waals surface area contributed by atoms with Crippen LogP contribution in [0.2, 0.25) is 0 Å². The number of halogens is 1. The van der Waals surface area contributed by atoms with E-state index in [1.54, 1.807) is 4.57 Å². The van der Waals surface area contributed by atoms with Crippen LogP contribution in [0.15, 0.2) is 91.6 Å². The molecule has 3 heterocycles. The average Bonchev–Trinajstić information content (AvgIpc) is 3.49. The van der Waals surface area contributed by atoms with Crippen molar-refractivity contribution in [3.63, 3.8) is 0 Å². The van der Waals surface area contributed by atoms with E-state index < -0.39 is 6.04 Å². The van der Waals surface area contributed by atoms with Gasteiger partial charge in [0.05, 0.1) is 21.9 Å². The van der Waals surface area contributed by atoms with E-state index in [2.05, 4.69) is 21.2 Å². The summed E-state index contributed by atoms with van der Waals surface area (Å²) in [6, 6.07) is 18.3. The zero-order valence-electron chi connectivity index (χ0n) is 20.4. The summed E-state index contributed by atoms with van der Waals surface area (Å²) in [4.78, 5) is 33.5. The van der Waals surface area contributed by atoms with E-state index in [4.69, 9.17) is 9.73 Å². The third-order valence-corrected chi connectivity index (χ3v) is 8.13. The highest BCUT2D eigenvalue weighted by molar-refractivity contribution is 9.10. The number of anilines is 1. The normalized spacial score (nSPS) is 15.5. The first-order valence-electron chi connectivity index (χ1n) is 11.7. The number of rotatable bonds is 6. The lowest BCUT2D eigenvalue weighted by Gasteiger charge is -2.24.